The van der Waals surface area contributed by atoms with Crippen molar-refractivity contribution in [2.24, 2.45) is 5.92 Å². The van der Waals surface area contributed by atoms with E-state index in [1.807, 2.05) is 0 Å². The van der Waals surface area contributed by atoms with Crippen molar-refractivity contribution < 1.29 is 18.7 Å². The van der Waals surface area contributed by atoms with Gasteiger partial charge < -0.3 is 9.47 Å². The molecule has 1 aromatic carbocycles. The van der Waals surface area contributed by atoms with Gasteiger partial charge in [-0.3, -0.25) is 9.69 Å². The predicted octanol–water partition coefficient (Wildman–Crippen LogP) is 2.22. The van der Waals surface area contributed by atoms with E-state index < -0.39 is 0 Å². The Balaban J connectivity index is 2.00. The maximum Gasteiger partial charge on any atom is 0.309 e. The second kappa shape index (κ2) is 6.70. The summed E-state index contributed by atoms with van der Waals surface area (Å²) in [4.78, 5) is 13.7. The monoisotopic (exact) mass is 281 g/mol. The average molecular weight is 281 g/mol. The van der Waals surface area contributed by atoms with Gasteiger partial charge in [-0.2, -0.15) is 0 Å². The molecule has 0 aromatic heterocycles. The van der Waals surface area contributed by atoms with Crippen LogP contribution in [-0.2, 0) is 16.1 Å². The lowest BCUT2D eigenvalue weighted by atomic mass is 9.97. The van der Waals surface area contributed by atoms with Gasteiger partial charge in [0.1, 0.15) is 11.6 Å². The first kappa shape index (κ1) is 14.8. The number of halogens is 1. The third-order valence-corrected chi connectivity index (χ3v) is 3.69. The minimum absolute atomic E-state index is 0.102. The summed E-state index contributed by atoms with van der Waals surface area (Å²) in [6.45, 7) is 2.00. The van der Waals surface area contributed by atoms with E-state index in [-0.39, 0.29) is 17.7 Å². The second-order valence-corrected chi connectivity index (χ2v) is 5.05. The van der Waals surface area contributed by atoms with Crippen molar-refractivity contribution in [2.75, 3.05) is 27.3 Å². The number of rotatable bonds is 4. The molecule has 110 valence electrons. The van der Waals surface area contributed by atoms with Crippen LogP contribution in [-0.4, -0.2) is 38.2 Å². The summed E-state index contributed by atoms with van der Waals surface area (Å²) in [5, 5.41) is 0. The molecule has 1 aliphatic rings. The van der Waals surface area contributed by atoms with E-state index in [0.29, 0.717) is 24.4 Å². The van der Waals surface area contributed by atoms with E-state index in [4.69, 9.17) is 9.47 Å². The number of methoxy groups -OCH3 is 2. The minimum atomic E-state index is -0.274. The molecule has 1 atom stereocenters. The topological polar surface area (TPSA) is 38.8 Å². The summed E-state index contributed by atoms with van der Waals surface area (Å²) >= 11 is 0. The van der Waals surface area contributed by atoms with Crippen LogP contribution >= 0.6 is 0 Å². The van der Waals surface area contributed by atoms with Crippen LogP contribution in [0.5, 0.6) is 5.75 Å². The van der Waals surface area contributed by atoms with Crippen LogP contribution in [0.4, 0.5) is 4.39 Å². The van der Waals surface area contributed by atoms with Gasteiger partial charge in [0.05, 0.1) is 20.1 Å². The molecule has 0 aliphatic carbocycles. The van der Waals surface area contributed by atoms with Gasteiger partial charge in [0.2, 0.25) is 0 Å². The number of benzene rings is 1. The van der Waals surface area contributed by atoms with Gasteiger partial charge in [-0.25, -0.2) is 4.39 Å². The molecule has 0 radical (unpaired) electrons. The summed E-state index contributed by atoms with van der Waals surface area (Å²) in [5.41, 5.74) is 0.622. The lowest BCUT2D eigenvalue weighted by Crippen LogP contribution is -2.38. The zero-order chi connectivity index (χ0) is 14.5. The average Bonchev–Trinajstić information content (AvgIpc) is 2.48. The highest BCUT2D eigenvalue weighted by molar-refractivity contribution is 5.72. The first-order valence-electron chi connectivity index (χ1n) is 6.76. The zero-order valence-electron chi connectivity index (χ0n) is 11.9. The largest absolute Gasteiger partial charge is 0.497 e. The van der Waals surface area contributed by atoms with E-state index >= 15 is 0 Å². The lowest BCUT2D eigenvalue weighted by Gasteiger charge is -2.31. The number of hydrogen-bond donors (Lipinski definition) is 0. The Hall–Kier alpha value is -1.62. The molecule has 0 amide bonds. The molecule has 1 heterocycles. The van der Waals surface area contributed by atoms with Crippen molar-refractivity contribution in [3.05, 3.63) is 29.6 Å². The Morgan fingerprint density at radius 1 is 1.45 bits per heavy atom. The number of hydrogen-bond acceptors (Lipinski definition) is 4. The number of carbonyl (C=O) groups is 1. The fourth-order valence-corrected chi connectivity index (χ4v) is 2.58. The van der Waals surface area contributed by atoms with E-state index in [0.717, 1.165) is 19.4 Å². The summed E-state index contributed by atoms with van der Waals surface area (Å²) in [6.07, 6.45) is 1.77. The molecule has 4 nitrogen and oxygen atoms in total. The Morgan fingerprint density at radius 2 is 2.25 bits per heavy atom. The molecule has 20 heavy (non-hydrogen) atoms. The maximum atomic E-state index is 13.9. The van der Waals surface area contributed by atoms with Crippen LogP contribution in [0.25, 0.3) is 0 Å². The van der Waals surface area contributed by atoms with Crippen molar-refractivity contribution in [1.82, 2.24) is 4.90 Å². The minimum Gasteiger partial charge on any atom is -0.497 e. The number of piperidine rings is 1. The van der Waals surface area contributed by atoms with Gasteiger partial charge >= 0.3 is 5.97 Å². The fourth-order valence-electron chi connectivity index (χ4n) is 2.58. The highest BCUT2D eigenvalue weighted by atomic mass is 19.1. The number of carbonyl (C=O) groups excluding carboxylic acids is 1. The Labute approximate surface area is 118 Å². The number of ether oxygens (including phenoxy) is 2. The molecular weight excluding hydrogens is 261 g/mol. The van der Waals surface area contributed by atoms with E-state index in [9.17, 15) is 9.18 Å². The molecule has 2 rings (SSSR count). The molecule has 1 saturated heterocycles. The third kappa shape index (κ3) is 3.48. The zero-order valence-corrected chi connectivity index (χ0v) is 11.9. The quantitative estimate of drug-likeness (QED) is 0.793. The molecule has 1 fully saturated rings. The van der Waals surface area contributed by atoms with Gasteiger partial charge in [-0.05, 0) is 25.5 Å². The van der Waals surface area contributed by atoms with E-state index in [2.05, 4.69) is 4.90 Å². The molecule has 5 heteroatoms. The van der Waals surface area contributed by atoms with Crippen LogP contribution in [0.2, 0.25) is 0 Å². The fraction of sp³-hybridized carbons (Fsp3) is 0.533. The van der Waals surface area contributed by atoms with Crippen LogP contribution in [0, 0.1) is 11.7 Å². The molecule has 0 N–H and O–H groups in total. The highest BCUT2D eigenvalue weighted by Gasteiger charge is 2.26. The Morgan fingerprint density at radius 3 is 2.90 bits per heavy atom. The van der Waals surface area contributed by atoms with Crippen molar-refractivity contribution in [3.63, 3.8) is 0 Å². The number of nitrogens with zero attached hydrogens (tertiary/aromatic N) is 1. The normalized spacial score (nSPS) is 19.6. The van der Waals surface area contributed by atoms with Crippen molar-refractivity contribution in [1.29, 1.82) is 0 Å². The summed E-state index contributed by atoms with van der Waals surface area (Å²) in [7, 11) is 2.92. The molecule has 1 aliphatic heterocycles. The van der Waals surface area contributed by atoms with Crippen LogP contribution in [0.3, 0.4) is 0 Å². The lowest BCUT2D eigenvalue weighted by molar-refractivity contribution is -0.147. The van der Waals surface area contributed by atoms with Crippen LogP contribution < -0.4 is 4.74 Å². The van der Waals surface area contributed by atoms with Crippen molar-refractivity contribution in [2.45, 2.75) is 19.4 Å². The van der Waals surface area contributed by atoms with Crippen molar-refractivity contribution >= 4 is 5.97 Å². The highest BCUT2D eigenvalue weighted by Crippen LogP contribution is 2.22. The summed E-state index contributed by atoms with van der Waals surface area (Å²) in [5.74, 6) is -0.0400. The van der Waals surface area contributed by atoms with Gasteiger partial charge in [0, 0.05) is 24.7 Å². The molecule has 0 unspecified atom stereocenters. The van der Waals surface area contributed by atoms with Gasteiger partial charge in [0.25, 0.3) is 0 Å². The number of esters is 1. The second-order valence-electron chi connectivity index (χ2n) is 5.05. The molecular formula is C15H20FNO3. The van der Waals surface area contributed by atoms with Crippen LogP contribution in [0.1, 0.15) is 18.4 Å². The SMILES string of the molecule is COC(=O)[C@H]1CCCN(Cc2ccc(OC)cc2F)C1. The standard InChI is InChI=1S/C15H20FNO3/c1-19-13-6-5-11(14(16)8-13)9-17-7-3-4-12(10-17)15(18)20-2/h5-6,8,12H,3-4,7,9-10H2,1-2H3/t12-/m0/s1. The van der Waals surface area contributed by atoms with Crippen LogP contribution in [0.15, 0.2) is 18.2 Å². The van der Waals surface area contributed by atoms with Gasteiger partial charge in [-0.15, -0.1) is 0 Å². The molecule has 0 bridgehead atoms. The maximum absolute atomic E-state index is 13.9. The Kier molecular flexibility index (Phi) is 4.95. The van der Waals surface area contributed by atoms with Crippen molar-refractivity contribution in [3.8, 4) is 5.75 Å². The van der Waals surface area contributed by atoms with E-state index in [1.54, 1.807) is 12.1 Å². The molecule has 0 spiro atoms. The predicted molar refractivity (Wildman–Crippen MR) is 73.0 cm³/mol. The first-order valence-corrected chi connectivity index (χ1v) is 6.76. The van der Waals surface area contributed by atoms with Gasteiger partial charge in [-0.1, -0.05) is 6.07 Å². The summed E-state index contributed by atoms with van der Waals surface area (Å²) in [6, 6.07) is 4.87. The first-order chi connectivity index (χ1) is 9.63. The third-order valence-electron chi connectivity index (χ3n) is 3.69. The summed E-state index contributed by atoms with van der Waals surface area (Å²) < 4.78 is 23.7. The van der Waals surface area contributed by atoms with E-state index in [1.165, 1.54) is 20.3 Å². The smallest absolute Gasteiger partial charge is 0.309 e. The Bertz CT molecular complexity index is 478. The van der Waals surface area contributed by atoms with Gasteiger partial charge in [0.15, 0.2) is 0 Å². The molecule has 1 aromatic rings. The molecule has 0 saturated carbocycles. The number of likely N-dealkylation sites (tertiary alicyclic amines) is 1.